The first-order valence-corrected chi connectivity index (χ1v) is 12.4. The van der Waals surface area contributed by atoms with Gasteiger partial charge in [0.05, 0.1) is 17.5 Å². The van der Waals surface area contributed by atoms with E-state index in [0.717, 1.165) is 18.4 Å². The highest BCUT2D eigenvalue weighted by molar-refractivity contribution is 6.00. The van der Waals surface area contributed by atoms with Gasteiger partial charge < -0.3 is 16.0 Å². The number of ketones is 1. The molecule has 0 aliphatic carbocycles. The number of fused-ring (bicyclic) bond motifs is 3. The van der Waals surface area contributed by atoms with Crippen LogP contribution in [-0.4, -0.2) is 69.3 Å². The molecule has 2 amide bonds. The van der Waals surface area contributed by atoms with Crippen LogP contribution in [0, 0.1) is 0 Å². The van der Waals surface area contributed by atoms with Gasteiger partial charge in [-0.25, -0.2) is 15.0 Å². The minimum absolute atomic E-state index is 0.00492. The SMILES string of the molecule is CC(=O)Nc1ccc(-c2cnn3c(N)c(C(C)=O)c(C4C[C@H]5CC[C@@H](C4)N5C(=O)c4ncn[nH]4)nc23)cn1. The summed E-state index contributed by atoms with van der Waals surface area (Å²) in [6.07, 6.45) is 7.67. The molecule has 6 rings (SSSR count). The molecule has 38 heavy (non-hydrogen) atoms. The van der Waals surface area contributed by atoms with Gasteiger partial charge >= 0.3 is 0 Å². The van der Waals surface area contributed by atoms with Crippen molar-refractivity contribution in [1.29, 1.82) is 0 Å². The second-order valence-electron chi connectivity index (χ2n) is 9.82. The Balaban J connectivity index is 1.38. The van der Waals surface area contributed by atoms with Gasteiger partial charge in [-0.1, -0.05) is 0 Å². The van der Waals surface area contributed by atoms with Gasteiger partial charge in [-0.05, 0) is 44.7 Å². The number of rotatable bonds is 5. The number of hydrogen-bond donors (Lipinski definition) is 3. The Hall–Kier alpha value is -4.68. The number of nitrogens with zero attached hydrogens (tertiary/aromatic N) is 7. The summed E-state index contributed by atoms with van der Waals surface area (Å²) in [4.78, 5) is 52.4. The Morgan fingerprint density at radius 2 is 1.84 bits per heavy atom. The molecule has 2 saturated heterocycles. The second kappa shape index (κ2) is 9.01. The van der Waals surface area contributed by atoms with Crippen molar-refractivity contribution in [3.05, 3.63) is 47.9 Å². The first-order chi connectivity index (χ1) is 18.3. The van der Waals surface area contributed by atoms with E-state index in [2.05, 4.69) is 30.6 Å². The van der Waals surface area contributed by atoms with Crippen LogP contribution in [0.4, 0.5) is 11.6 Å². The summed E-state index contributed by atoms with van der Waals surface area (Å²) in [5.41, 5.74) is 9.48. The van der Waals surface area contributed by atoms with E-state index in [1.807, 2.05) is 11.0 Å². The number of pyridine rings is 1. The number of piperidine rings is 1. The Bertz CT molecular complexity index is 1550. The third kappa shape index (κ3) is 3.86. The third-order valence-corrected chi connectivity index (χ3v) is 7.41. The highest BCUT2D eigenvalue weighted by atomic mass is 16.2. The van der Waals surface area contributed by atoms with E-state index in [1.54, 1.807) is 18.5 Å². The standard InChI is InChI=1S/C25H26N10O3/c1-12(36)20-21(15-7-16-4-5-17(8-15)34(16)25(38)23-28-11-29-33-23)32-24-18(10-30-35(24)22(20)26)14-3-6-19(27-9-14)31-13(2)37/h3,6,9-11,15-17H,4-5,7-8,26H2,1-2H3,(H,27,31,37)(H,28,29,33)/t15?,16-,17+. The van der Waals surface area contributed by atoms with Gasteiger partial charge in [0, 0.05) is 42.2 Å². The first kappa shape index (κ1) is 23.7. The summed E-state index contributed by atoms with van der Waals surface area (Å²) in [6, 6.07) is 3.53. The van der Waals surface area contributed by atoms with Crippen LogP contribution in [0.25, 0.3) is 16.8 Å². The highest BCUT2D eigenvalue weighted by Gasteiger charge is 2.45. The zero-order chi connectivity index (χ0) is 26.6. The number of carbonyl (C=O) groups excluding carboxylic acids is 3. The Morgan fingerprint density at radius 3 is 2.45 bits per heavy atom. The van der Waals surface area contributed by atoms with Crippen molar-refractivity contribution in [2.24, 2.45) is 0 Å². The fourth-order valence-electron chi connectivity index (χ4n) is 5.86. The molecule has 3 atom stereocenters. The summed E-state index contributed by atoms with van der Waals surface area (Å²) < 4.78 is 1.48. The summed E-state index contributed by atoms with van der Waals surface area (Å²) in [5, 5.41) is 13.5. The average Bonchev–Trinajstić information content (AvgIpc) is 3.62. The van der Waals surface area contributed by atoms with Crippen molar-refractivity contribution in [2.75, 3.05) is 11.1 Å². The molecule has 0 aromatic carbocycles. The van der Waals surface area contributed by atoms with Crippen molar-refractivity contribution in [3.8, 4) is 11.1 Å². The lowest BCUT2D eigenvalue weighted by atomic mass is 9.85. The summed E-state index contributed by atoms with van der Waals surface area (Å²) in [7, 11) is 0. The van der Waals surface area contributed by atoms with E-state index in [-0.39, 0.29) is 47.2 Å². The van der Waals surface area contributed by atoms with E-state index < -0.39 is 0 Å². The molecule has 2 aliphatic heterocycles. The van der Waals surface area contributed by atoms with E-state index >= 15 is 0 Å². The number of carbonyl (C=O) groups is 3. The monoisotopic (exact) mass is 514 g/mol. The number of hydrogen-bond acceptors (Lipinski definition) is 9. The molecular weight excluding hydrogens is 488 g/mol. The number of nitrogen functional groups attached to an aromatic ring is 1. The predicted molar refractivity (Wildman–Crippen MR) is 136 cm³/mol. The normalized spacial score (nSPS) is 20.6. The molecule has 194 valence electrons. The summed E-state index contributed by atoms with van der Waals surface area (Å²) in [5.74, 6) is 0.302. The summed E-state index contributed by atoms with van der Waals surface area (Å²) >= 11 is 0. The molecule has 4 aromatic rings. The van der Waals surface area contributed by atoms with E-state index in [1.165, 1.54) is 24.7 Å². The number of H-pyrrole nitrogens is 1. The van der Waals surface area contributed by atoms with Gasteiger partial charge in [0.1, 0.15) is 18.0 Å². The molecule has 0 radical (unpaired) electrons. The number of nitrogens with two attached hydrogens (primary N) is 1. The first-order valence-electron chi connectivity index (χ1n) is 12.4. The minimum Gasteiger partial charge on any atom is -0.383 e. The lowest BCUT2D eigenvalue weighted by Crippen LogP contribution is -2.46. The third-order valence-electron chi connectivity index (χ3n) is 7.41. The molecule has 4 aromatic heterocycles. The van der Waals surface area contributed by atoms with Crippen LogP contribution in [0.5, 0.6) is 0 Å². The molecule has 2 fully saturated rings. The van der Waals surface area contributed by atoms with Crippen LogP contribution < -0.4 is 11.1 Å². The lowest BCUT2D eigenvalue weighted by molar-refractivity contribution is -0.114. The topological polar surface area (TPSA) is 177 Å². The Morgan fingerprint density at radius 1 is 1.08 bits per heavy atom. The molecule has 1 unspecified atom stereocenters. The molecule has 2 bridgehead atoms. The van der Waals surface area contributed by atoms with Crippen LogP contribution in [0.2, 0.25) is 0 Å². The van der Waals surface area contributed by atoms with Crippen LogP contribution in [0.1, 0.15) is 72.1 Å². The quantitative estimate of drug-likeness (QED) is 0.337. The largest absolute Gasteiger partial charge is 0.383 e. The maximum atomic E-state index is 13.1. The van der Waals surface area contributed by atoms with E-state index in [9.17, 15) is 14.4 Å². The maximum absolute atomic E-state index is 13.1. The summed E-state index contributed by atoms with van der Waals surface area (Å²) in [6.45, 7) is 2.90. The van der Waals surface area contributed by atoms with Gasteiger partial charge in [-0.15, -0.1) is 0 Å². The molecule has 0 spiro atoms. The molecule has 4 N–H and O–H groups in total. The van der Waals surface area contributed by atoms with Gasteiger partial charge in [-0.3, -0.25) is 19.5 Å². The lowest BCUT2D eigenvalue weighted by Gasteiger charge is -2.38. The zero-order valence-electron chi connectivity index (χ0n) is 20.9. The van der Waals surface area contributed by atoms with Gasteiger partial charge in [0.15, 0.2) is 11.4 Å². The van der Waals surface area contributed by atoms with Crippen molar-refractivity contribution in [3.63, 3.8) is 0 Å². The van der Waals surface area contributed by atoms with Crippen molar-refractivity contribution < 1.29 is 14.4 Å². The van der Waals surface area contributed by atoms with E-state index in [0.29, 0.717) is 41.1 Å². The number of aromatic amines is 1. The Kier molecular flexibility index (Phi) is 5.62. The molecule has 6 heterocycles. The second-order valence-corrected chi connectivity index (χ2v) is 9.82. The molecule has 13 nitrogen and oxygen atoms in total. The number of aromatic nitrogens is 7. The van der Waals surface area contributed by atoms with Gasteiger partial charge in [0.25, 0.3) is 5.91 Å². The number of Topliss-reactive ketones (excluding diaryl/α,β-unsaturated/α-hetero) is 1. The maximum Gasteiger partial charge on any atom is 0.291 e. The zero-order valence-corrected chi connectivity index (χ0v) is 20.9. The van der Waals surface area contributed by atoms with Gasteiger partial charge in [-0.2, -0.15) is 14.7 Å². The number of amides is 2. The number of nitrogens with one attached hydrogen (secondary N) is 2. The van der Waals surface area contributed by atoms with Gasteiger partial charge in [0.2, 0.25) is 11.7 Å². The van der Waals surface area contributed by atoms with Crippen LogP contribution in [0.3, 0.4) is 0 Å². The Labute approximate surface area is 216 Å². The molecular formula is C25H26N10O3. The fraction of sp³-hybridized carbons (Fsp3) is 0.360. The number of anilines is 2. The van der Waals surface area contributed by atoms with Crippen LogP contribution >= 0.6 is 0 Å². The average molecular weight is 515 g/mol. The fourth-order valence-corrected chi connectivity index (χ4v) is 5.86. The predicted octanol–water partition coefficient (Wildman–Crippen LogP) is 2.20. The van der Waals surface area contributed by atoms with E-state index in [4.69, 9.17) is 10.7 Å². The van der Waals surface area contributed by atoms with Crippen molar-refractivity contribution in [1.82, 2.24) is 39.7 Å². The highest BCUT2D eigenvalue weighted by Crippen LogP contribution is 2.45. The van der Waals surface area contributed by atoms with Crippen LogP contribution in [0.15, 0.2) is 30.9 Å². The molecule has 0 saturated carbocycles. The minimum atomic E-state index is -0.209. The molecule has 2 aliphatic rings. The van der Waals surface area contributed by atoms with Crippen molar-refractivity contribution in [2.45, 2.75) is 57.5 Å². The molecule has 13 heteroatoms. The van der Waals surface area contributed by atoms with Crippen molar-refractivity contribution >= 4 is 34.9 Å². The van der Waals surface area contributed by atoms with Crippen LogP contribution in [-0.2, 0) is 4.79 Å². The smallest absolute Gasteiger partial charge is 0.291 e.